The maximum absolute atomic E-state index is 12.6. The Kier molecular flexibility index (Phi) is 5.83. The van der Waals surface area contributed by atoms with Crippen molar-refractivity contribution in [3.05, 3.63) is 34.9 Å². The van der Waals surface area contributed by atoms with Gasteiger partial charge in [0, 0.05) is 31.0 Å². The average Bonchev–Trinajstić information content (AvgIpc) is 2.81. The highest BCUT2D eigenvalue weighted by atomic mass is 35.5. The highest BCUT2D eigenvalue weighted by molar-refractivity contribution is 6.30. The highest BCUT2D eigenvalue weighted by Gasteiger charge is 2.42. The molecule has 2 amide bonds. The zero-order chi connectivity index (χ0) is 17.9. The Hall–Kier alpha value is -2.08. The fraction of sp³-hybridized carbons (Fsp3) is 0.471. The minimum atomic E-state index is -0.899. The van der Waals surface area contributed by atoms with E-state index >= 15 is 0 Å². The van der Waals surface area contributed by atoms with Crippen LogP contribution in [-0.4, -0.2) is 40.9 Å². The number of hydrogen-bond donors (Lipinski definition) is 2. The van der Waals surface area contributed by atoms with E-state index in [0.717, 1.165) is 5.56 Å². The zero-order valence-electron chi connectivity index (χ0n) is 13.7. The first-order chi connectivity index (χ1) is 11.3. The molecule has 3 atom stereocenters. The number of carbonyl (C=O) groups excluding carboxylic acids is 2. The first-order valence-electron chi connectivity index (χ1n) is 7.83. The number of nitrogens with zero attached hydrogens (tertiary/aromatic N) is 1. The first-order valence-corrected chi connectivity index (χ1v) is 8.20. The van der Waals surface area contributed by atoms with E-state index < -0.39 is 11.9 Å². The summed E-state index contributed by atoms with van der Waals surface area (Å²) >= 11 is 6.03. The second-order valence-corrected chi connectivity index (χ2v) is 6.59. The standard InChI is InChI=1S/C17H21ClN2O4/c1-10(6-7-15(22)23)19-17(24)13-9-14(21)20(2)16(13)11-4-3-5-12(18)8-11/h3-5,8,10,13,16H,6-7,9H2,1-2H3,(H,19,24)(H,22,23). The van der Waals surface area contributed by atoms with E-state index in [1.165, 1.54) is 0 Å². The monoisotopic (exact) mass is 352 g/mol. The number of hydrogen-bond acceptors (Lipinski definition) is 3. The minimum absolute atomic E-state index is 0.0112. The van der Waals surface area contributed by atoms with Crippen LogP contribution in [0.25, 0.3) is 0 Å². The number of nitrogens with one attached hydrogen (secondary N) is 1. The molecule has 3 unspecified atom stereocenters. The van der Waals surface area contributed by atoms with Crippen molar-refractivity contribution in [3.63, 3.8) is 0 Å². The van der Waals surface area contributed by atoms with Crippen molar-refractivity contribution in [3.8, 4) is 0 Å². The summed E-state index contributed by atoms with van der Waals surface area (Å²) in [6.07, 6.45) is 0.466. The summed E-state index contributed by atoms with van der Waals surface area (Å²) < 4.78 is 0. The van der Waals surface area contributed by atoms with E-state index in [4.69, 9.17) is 16.7 Å². The molecule has 1 saturated heterocycles. The van der Waals surface area contributed by atoms with Gasteiger partial charge in [0.15, 0.2) is 0 Å². The lowest BCUT2D eigenvalue weighted by atomic mass is 9.92. The van der Waals surface area contributed by atoms with Crippen LogP contribution in [-0.2, 0) is 14.4 Å². The number of carbonyl (C=O) groups is 3. The first kappa shape index (κ1) is 18.3. The molecule has 2 N–H and O–H groups in total. The van der Waals surface area contributed by atoms with Gasteiger partial charge in [0.25, 0.3) is 0 Å². The molecule has 6 nitrogen and oxygen atoms in total. The summed E-state index contributed by atoms with van der Waals surface area (Å²) in [5.41, 5.74) is 0.814. The quantitative estimate of drug-likeness (QED) is 0.822. The SMILES string of the molecule is CC(CCC(=O)O)NC(=O)C1CC(=O)N(C)C1c1cccc(Cl)c1. The Morgan fingerprint density at radius 1 is 1.46 bits per heavy atom. The van der Waals surface area contributed by atoms with Gasteiger partial charge < -0.3 is 15.3 Å². The summed E-state index contributed by atoms with van der Waals surface area (Å²) in [5.74, 6) is -1.76. The van der Waals surface area contributed by atoms with Crippen molar-refractivity contribution in [2.24, 2.45) is 5.92 Å². The molecule has 1 aliphatic heterocycles. The second-order valence-electron chi connectivity index (χ2n) is 6.16. The van der Waals surface area contributed by atoms with E-state index in [-0.39, 0.29) is 36.7 Å². The van der Waals surface area contributed by atoms with Crippen molar-refractivity contribution in [1.29, 1.82) is 0 Å². The number of likely N-dealkylation sites (tertiary alicyclic amines) is 1. The lowest BCUT2D eigenvalue weighted by Crippen LogP contribution is -2.39. The Morgan fingerprint density at radius 3 is 2.79 bits per heavy atom. The summed E-state index contributed by atoms with van der Waals surface area (Å²) in [4.78, 5) is 36.9. The highest BCUT2D eigenvalue weighted by Crippen LogP contribution is 2.37. The molecule has 0 spiro atoms. The fourth-order valence-corrected chi connectivity index (χ4v) is 3.21. The maximum Gasteiger partial charge on any atom is 0.303 e. The molecule has 1 aromatic rings. The number of carboxylic acid groups (broad SMARTS) is 1. The van der Waals surface area contributed by atoms with Crippen LogP contribution in [0.3, 0.4) is 0 Å². The minimum Gasteiger partial charge on any atom is -0.481 e. The van der Waals surface area contributed by atoms with Crippen molar-refractivity contribution in [2.75, 3.05) is 7.05 Å². The predicted molar refractivity (Wildman–Crippen MR) is 89.5 cm³/mol. The summed E-state index contributed by atoms with van der Waals surface area (Å²) in [6, 6.07) is 6.50. The molecule has 0 saturated carbocycles. The summed E-state index contributed by atoms with van der Waals surface area (Å²) in [6.45, 7) is 1.76. The van der Waals surface area contributed by atoms with Crippen LogP contribution in [0.2, 0.25) is 5.02 Å². The van der Waals surface area contributed by atoms with Gasteiger partial charge in [-0.1, -0.05) is 23.7 Å². The van der Waals surface area contributed by atoms with Gasteiger partial charge in [-0.25, -0.2) is 0 Å². The van der Waals surface area contributed by atoms with E-state index in [2.05, 4.69) is 5.32 Å². The second kappa shape index (κ2) is 7.66. The summed E-state index contributed by atoms with van der Waals surface area (Å²) in [7, 11) is 1.68. The molecule has 7 heteroatoms. The third-order valence-corrected chi connectivity index (χ3v) is 4.53. The van der Waals surface area contributed by atoms with Crippen LogP contribution >= 0.6 is 11.6 Å². The van der Waals surface area contributed by atoms with E-state index in [0.29, 0.717) is 11.4 Å². The third-order valence-electron chi connectivity index (χ3n) is 4.29. The molecule has 24 heavy (non-hydrogen) atoms. The molecule has 0 radical (unpaired) electrons. The molecule has 1 aromatic carbocycles. The van der Waals surface area contributed by atoms with E-state index in [9.17, 15) is 14.4 Å². The van der Waals surface area contributed by atoms with Gasteiger partial charge in [-0.05, 0) is 31.0 Å². The smallest absolute Gasteiger partial charge is 0.303 e. The molecular formula is C17H21ClN2O4. The number of rotatable bonds is 6. The fourth-order valence-electron chi connectivity index (χ4n) is 3.01. The van der Waals surface area contributed by atoms with E-state index in [1.54, 1.807) is 37.1 Å². The predicted octanol–water partition coefficient (Wildman–Crippen LogP) is 2.23. The van der Waals surface area contributed by atoms with Crippen molar-refractivity contribution in [1.82, 2.24) is 10.2 Å². The number of carboxylic acids is 1. The lowest BCUT2D eigenvalue weighted by Gasteiger charge is -2.26. The molecular weight excluding hydrogens is 332 g/mol. The molecule has 1 fully saturated rings. The Balaban J connectivity index is 2.13. The van der Waals surface area contributed by atoms with Crippen LogP contribution < -0.4 is 5.32 Å². The summed E-state index contributed by atoms with van der Waals surface area (Å²) in [5, 5.41) is 12.1. The van der Waals surface area contributed by atoms with Gasteiger partial charge in [-0.3, -0.25) is 14.4 Å². The molecule has 1 heterocycles. The largest absolute Gasteiger partial charge is 0.481 e. The molecule has 0 aromatic heterocycles. The van der Waals surface area contributed by atoms with Crippen LogP contribution in [0.5, 0.6) is 0 Å². The maximum atomic E-state index is 12.6. The Bertz CT molecular complexity index is 649. The van der Waals surface area contributed by atoms with Crippen LogP contribution in [0, 0.1) is 5.92 Å². The zero-order valence-corrected chi connectivity index (χ0v) is 14.4. The van der Waals surface area contributed by atoms with Crippen molar-refractivity contribution in [2.45, 2.75) is 38.3 Å². The Labute approximate surface area is 145 Å². The van der Waals surface area contributed by atoms with Gasteiger partial charge >= 0.3 is 5.97 Å². The van der Waals surface area contributed by atoms with Crippen LogP contribution in [0.4, 0.5) is 0 Å². The number of benzene rings is 1. The van der Waals surface area contributed by atoms with Crippen molar-refractivity contribution < 1.29 is 19.5 Å². The van der Waals surface area contributed by atoms with Crippen LogP contribution in [0.15, 0.2) is 24.3 Å². The Morgan fingerprint density at radius 2 is 2.17 bits per heavy atom. The number of halogens is 1. The molecule has 1 aliphatic rings. The van der Waals surface area contributed by atoms with E-state index in [1.807, 2.05) is 6.07 Å². The molecule has 0 aliphatic carbocycles. The molecule has 2 rings (SSSR count). The number of aliphatic carboxylic acids is 1. The van der Waals surface area contributed by atoms with Gasteiger partial charge in [-0.15, -0.1) is 0 Å². The van der Waals surface area contributed by atoms with Crippen LogP contribution in [0.1, 0.15) is 37.8 Å². The lowest BCUT2D eigenvalue weighted by molar-refractivity contribution is -0.137. The van der Waals surface area contributed by atoms with Gasteiger partial charge in [0.1, 0.15) is 0 Å². The molecule has 0 bridgehead atoms. The van der Waals surface area contributed by atoms with Gasteiger partial charge in [-0.2, -0.15) is 0 Å². The number of amides is 2. The third kappa shape index (κ3) is 4.26. The van der Waals surface area contributed by atoms with Gasteiger partial charge in [0.2, 0.25) is 11.8 Å². The molecule has 130 valence electrons. The van der Waals surface area contributed by atoms with Gasteiger partial charge in [0.05, 0.1) is 12.0 Å². The topological polar surface area (TPSA) is 86.7 Å². The van der Waals surface area contributed by atoms with Crippen molar-refractivity contribution >= 4 is 29.4 Å². The average molecular weight is 353 g/mol. The normalized spacial score (nSPS) is 21.6.